The maximum absolute atomic E-state index is 12.6. The van der Waals surface area contributed by atoms with Crippen LogP contribution < -0.4 is 5.32 Å². The first-order chi connectivity index (χ1) is 13.0. The van der Waals surface area contributed by atoms with E-state index in [0.717, 1.165) is 11.3 Å². The molecule has 0 fully saturated rings. The van der Waals surface area contributed by atoms with Crippen LogP contribution in [0.3, 0.4) is 0 Å². The van der Waals surface area contributed by atoms with Crippen molar-refractivity contribution in [3.05, 3.63) is 53.1 Å². The molecule has 1 N–H and O–H groups in total. The van der Waals surface area contributed by atoms with Gasteiger partial charge in [0.05, 0.1) is 5.69 Å². The van der Waals surface area contributed by atoms with Crippen molar-refractivity contribution in [3.63, 3.8) is 0 Å². The summed E-state index contributed by atoms with van der Waals surface area (Å²) in [5.41, 5.74) is 1.61. The molecule has 3 rings (SSSR count). The number of rotatable bonds is 6. The van der Waals surface area contributed by atoms with Gasteiger partial charge in [-0.2, -0.15) is 0 Å². The smallest absolute Gasteiger partial charge is 0.350 e. The summed E-state index contributed by atoms with van der Waals surface area (Å²) in [5.74, 6) is -0.309. The van der Waals surface area contributed by atoms with E-state index in [0.29, 0.717) is 32.7 Å². The molecule has 0 aliphatic heterocycles. The number of anilines is 1. The van der Waals surface area contributed by atoms with Crippen molar-refractivity contribution in [2.75, 3.05) is 11.9 Å². The highest BCUT2D eigenvalue weighted by Gasteiger charge is 2.18. The van der Waals surface area contributed by atoms with Crippen molar-refractivity contribution in [1.82, 2.24) is 25.2 Å². The first-order valence-electron chi connectivity index (χ1n) is 7.89. The van der Waals surface area contributed by atoms with Crippen LogP contribution in [0.2, 0.25) is 0 Å². The lowest BCUT2D eigenvalue weighted by Crippen LogP contribution is -2.11. The van der Waals surface area contributed by atoms with Crippen molar-refractivity contribution in [2.24, 2.45) is 7.05 Å². The highest BCUT2D eigenvalue weighted by molar-refractivity contribution is 7.17. The van der Waals surface area contributed by atoms with Crippen molar-refractivity contribution >= 4 is 28.3 Å². The zero-order valence-corrected chi connectivity index (χ0v) is 15.5. The van der Waals surface area contributed by atoms with Crippen LogP contribution in [0.15, 0.2) is 36.9 Å². The molecule has 10 heteroatoms. The van der Waals surface area contributed by atoms with E-state index in [1.54, 1.807) is 32.2 Å². The van der Waals surface area contributed by atoms with Gasteiger partial charge < -0.3 is 4.74 Å². The minimum absolute atomic E-state index is 0.113. The van der Waals surface area contributed by atoms with E-state index in [2.05, 4.69) is 32.4 Å². The van der Waals surface area contributed by atoms with E-state index < -0.39 is 5.97 Å². The van der Waals surface area contributed by atoms with Gasteiger partial charge in [0.1, 0.15) is 11.5 Å². The predicted octanol–water partition coefficient (Wildman–Crippen LogP) is 2.24. The summed E-state index contributed by atoms with van der Waals surface area (Å²) >= 11 is 1.06. The maximum Gasteiger partial charge on any atom is 0.350 e. The Labute approximate surface area is 158 Å². The van der Waals surface area contributed by atoms with Gasteiger partial charge in [0, 0.05) is 18.2 Å². The maximum atomic E-state index is 12.6. The number of hydrogen-bond acceptors (Lipinski definition) is 8. The van der Waals surface area contributed by atoms with Crippen molar-refractivity contribution in [2.45, 2.75) is 6.92 Å². The summed E-state index contributed by atoms with van der Waals surface area (Å²) < 4.78 is 6.53. The largest absolute Gasteiger partial charge is 0.457 e. The molecule has 0 radical (unpaired) electrons. The molecule has 9 nitrogen and oxygen atoms in total. The number of ether oxygens (including phenoxy) is 1. The number of aromatic nitrogens is 5. The van der Waals surface area contributed by atoms with Crippen LogP contribution in [0.1, 0.15) is 25.7 Å². The topological polar surface area (TPSA) is 112 Å². The van der Waals surface area contributed by atoms with Gasteiger partial charge in [0.25, 0.3) is 5.91 Å². The van der Waals surface area contributed by atoms with Crippen LogP contribution >= 0.6 is 11.3 Å². The standard InChI is InChI=1S/C17H16N6O3S/c1-4-8-26-16(25)13-10(2)18-17(27-13)19-15(24)12-7-5-6-11(9-12)14-20-21-22-23(14)3/h4-7,9H,1,8H2,2-3H3,(H,18,19,24). The van der Waals surface area contributed by atoms with Gasteiger partial charge >= 0.3 is 5.97 Å². The molecule has 0 aliphatic rings. The minimum Gasteiger partial charge on any atom is -0.457 e. The third-order valence-electron chi connectivity index (χ3n) is 3.54. The number of nitrogens with one attached hydrogen (secondary N) is 1. The number of amides is 1. The van der Waals surface area contributed by atoms with Crippen LogP contribution in [0.25, 0.3) is 11.4 Å². The number of benzene rings is 1. The summed E-state index contributed by atoms with van der Waals surface area (Å²) in [6, 6.07) is 6.90. The molecule has 27 heavy (non-hydrogen) atoms. The molecule has 2 aromatic heterocycles. The van der Waals surface area contributed by atoms with Gasteiger partial charge in [-0.05, 0) is 29.5 Å². The molecule has 0 spiro atoms. The summed E-state index contributed by atoms with van der Waals surface area (Å²) in [5, 5.41) is 14.3. The first kappa shape index (κ1) is 18.4. The van der Waals surface area contributed by atoms with Crippen molar-refractivity contribution < 1.29 is 14.3 Å². The van der Waals surface area contributed by atoms with E-state index in [-0.39, 0.29) is 12.5 Å². The van der Waals surface area contributed by atoms with Gasteiger partial charge in [-0.1, -0.05) is 36.1 Å². The summed E-state index contributed by atoms with van der Waals surface area (Å²) in [6.45, 7) is 5.29. The van der Waals surface area contributed by atoms with E-state index in [4.69, 9.17) is 4.74 Å². The normalized spacial score (nSPS) is 10.4. The summed E-state index contributed by atoms with van der Waals surface area (Å²) in [4.78, 5) is 29.1. The lowest BCUT2D eigenvalue weighted by Gasteiger charge is -2.04. The zero-order chi connectivity index (χ0) is 19.4. The Morgan fingerprint density at radius 2 is 2.22 bits per heavy atom. The van der Waals surface area contributed by atoms with E-state index >= 15 is 0 Å². The lowest BCUT2D eigenvalue weighted by atomic mass is 10.1. The highest BCUT2D eigenvalue weighted by Crippen LogP contribution is 2.24. The molecule has 1 aromatic carbocycles. The van der Waals surface area contributed by atoms with Crippen LogP contribution in [0, 0.1) is 6.92 Å². The Balaban J connectivity index is 1.77. The molecule has 1 amide bonds. The SMILES string of the molecule is C=CCOC(=O)c1sc(NC(=O)c2cccc(-c3nnnn3C)c2)nc1C. The molecule has 0 unspecified atom stereocenters. The summed E-state index contributed by atoms with van der Waals surface area (Å²) in [7, 11) is 1.72. The molecular formula is C17H16N6O3S. The third-order valence-corrected chi connectivity index (χ3v) is 4.59. The number of nitrogens with zero attached hydrogens (tertiary/aromatic N) is 5. The third kappa shape index (κ3) is 4.06. The fourth-order valence-electron chi connectivity index (χ4n) is 2.28. The lowest BCUT2D eigenvalue weighted by molar-refractivity contribution is 0.0554. The van der Waals surface area contributed by atoms with Crippen molar-refractivity contribution in [3.8, 4) is 11.4 Å². The van der Waals surface area contributed by atoms with E-state index in [1.165, 1.54) is 10.8 Å². The number of carbonyl (C=O) groups excluding carboxylic acids is 2. The zero-order valence-electron chi connectivity index (χ0n) is 14.7. The van der Waals surface area contributed by atoms with Crippen LogP contribution in [-0.4, -0.2) is 43.7 Å². The number of hydrogen-bond donors (Lipinski definition) is 1. The molecule has 0 saturated heterocycles. The molecule has 0 atom stereocenters. The van der Waals surface area contributed by atoms with Crippen LogP contribution in [-0.2, 0) is 11.8 Å². The predicted molar refractivity (Wildman–Crippen MR) is 99.5 cm³/mol. The minimum atomic E-state index is -0.498. The number of aryl methyl sites for hydroxylation is 2. The fourth-order valence-corrected chi connectivity index (χ4v) is 3.14. The molecule has 0 bridgehead atoms. The van der Waals surface area contributed by atoms with Crippen LogP contribution in [0.5, 0.6) is 0 Å². The van der Waals surface area contributed by atoms with Gasteiger partial charge in [-0.3, -0.25) is 10.1 Å². The molecule has 0 aliphatic carbocycles. The molecule has 3 aromatic rings. The molecule has 0 saturated carbocycles. The number of tetrazole rings is 1. The Morgan fingerprint density at radius 1 is 1.41 bits per heavy atom. The first-order valence-corrected chi connectivity index (χ1v) is 8.71. The second kappa shape index (κ2) is 7.87. The highest BCUT2D eigenvalue weighted by atomic mass is 32.1. The van der Waals surface area contributed by atoms with Crippen LogP contribution in [0.4, 0.5) is 5.13 Å². The molecular weight excluding hydrogens is 368 g/mol. The second-order valence-electron chi connectivity index (χ2n) is 5.48. The van der Waals surface area contributed by atoms with Crippen molar-refractivity contribution in [1.29, 1.82) is 0 Å². The monoisotopic (exact) mass is 384 g/mol. The van der Waals surface area contributed by atoms with Gasteiger partial charge in [-0.25, -0.2) is 14.5 Å². The second-order valence-corrected chi connectivity index (χ2v) is 6.48. The van der Waals surface area contributed by atoms with E-state index in [9.17, 15) is 9.59 Å². The quantitative estimate of drug-likeness (QED) is 0.512. The number of carbonyl (C=O) groups is 2. The Morgan fingerprint density at radius 3 is 2.93 bits per heavy atom. The Hall–Kier alpha value is -3.40. The Bertz CT molecular complexity index is 1010. The van der Waals surface area contributed by atoms with Gasteiger partial charge in [0.2, 0.25) is 0 Å². The molecule has 138 valence electrons. The number of esters is 1. The Kier molecular flexibility index (Phi) is 5.36. The average molecular weight is 384 g/mol. The number of thiazole rings is 1. The van der Waals surface area contributed by atoms with Gasteiger partial charge in [0.15, 0.2) is 11.0 Å². The fraction of sp³-hybridized carbons (Fsp3) is 0.176. The molecule has 2 heterocycles. The van der Waals surface area contributed by atoms with E-state index in [1.807, 2.05) is 6.07 Å². The van der Waals surface area contributed by atoms with Gasteiger partial charge in [-0.15, -0.1) is 5.10 Å². The average Bonchev–Trinajstić information content (AvgIpc) is 3.25. The summed E-state index contributed by atoms with van der Waals surface area (Å²) in [6.07, 6.45) is 1.48.